The summed E-state index contributed by atoms with van der Waals surface area (Å²) in [4.78, 5) is 2.32. The van der Waals surface area contributed by atoms with Crippen LogP contribution in [0.5, 0.6) is 0 Å². The molecule has 1 rings (SSSR count). The normalized spacial score (nSPS) is 14.4. The lowest BCUT2D eigenvalue weighted by Gasteiger charge is -2.31. The molecule has 0 amide bonds. The van der Waals surface area contributed by atoms with E-state index in [1.165, 1.54) is 5.69 Å². The SMILES string of the molecule is CCN(CCC(C)(CO)NC)c1ccccc1. The molecule has 3 nitrogen and oxygen atoms in total. The zero-order valence-electron chi connectivity index (χ0n) is 11.1. The van der Waals surface area contributed by atoms with Crippen LogP contribution in [-0.2, 0) is 0 Å². The Kier molecular flexibility index (Phi) is 5.45. The number of benzene rings is 1. The third kappa shape index (κ3) is 4.02. The van der Waals surface area contributed by atoms with Gasteiger partial charge in [0.25, 0.3) is 0 Å². The van der Waals surface area contributed by atoms with Crippen molar-refractivity contribution in [3.8, 4) is 0 Å². The van der Waals surface area contributed by atoms with Crippen molar-refractivity contribution in [2.45, 2.75) is 25.8 Å². The molecule has 0 spiro atoms. The third-order valence-electron chi connectivity index (χ3n) is 3.39. The molecule has 0 saturated heterocycles. The summed E-state index contributed by atoms with van der Waals surface area (Å²) in [5.74, 6) is 0. The molecule has 0 radical (unpaired) electrons. The molecule has 96 valence electrons. The number of para-hydroxylation sites is 1. The predicted molar refractivity (Wildman–Crippen MR) is 73.5 cm³/mol. The van der Waals surface area contributed by atoms with E-state index in [4.69, 9.17) is 0 Å². The summed E-state index contributed by atoms with van der Waals surface area (Å²) in [6.45, 7) is 6.29. The summed E-state index contributed by atoms with van der Waals surface area (Å²) in [6, 6.07) is 10.4. The maximum atomic E-state index is 9.36. The number of hydrogen-bond acceptors (Lipinski definition) is 3. The highest BCUT2D eigenvalue weighted by atomic mass is 16.3. The van der Waals surface area contributed by atoms with Gasteiger partial charge in [0, 0.05) is 24.3 Å². The highest BCUT2D eigenvalue weighted by Crippen LogP contribution is 2.16. The van der Waals surface area contributed by atoms with E-state index < -0.39 is 0 Å². The number of nitrogens with zero attached hydrogens (tertiary/aromatic N) is 1. The van der Waals surface area contributed by atoms with Gasteiger partial charge in [0.1, 0.15) is 0 Å². The topological polar surface area (TPSA) is 35.5 Å². The number of aliphatic hydroxyl groups excluding tert-OH is 1. The van der Waals surface area contributed by atoms with E-state index in [1.54, 1.807) is 0 Å². The van der Waals surface area contributed by atoms with E-state index in [9.17, 15) is 5.11 Å². The minimum Gasteiger partial charge on any atom is -0.394 e. The van der Waals surface area contributed by atoms with Crippen molar-refractivity contribution < 1.29 is 5.11 Å². The van der Waals surface area contributed by atoms with Gasteiger partial charge in [0.05, 0.1) is 6.61 Å². The van der Waals surface area contributed by atoms with Gasteiger partial charge in [-0.25, -0.2) is 0 Å². The average Bonchev–Trinajstić information content (AvgIpc) is 2.40. The number of nitrogens with one attached hydrogen (secondary N) is 1. The van der Waals surface area contributed by atoms with Gasteiger partial charge in [0.15, 0.2) is 0 Å². The Morgan fingerprint density at radius 2 is 1.94 bits per heavy atom. The fourth-order valence-corrected chi connectivity index (χ4v) is 1.77. The molecule has 1 aromatic carbocycles. The maximum Gasteiger partial charge on any atom is 0.0611 e. The summed E-state index contributed by atoms with van der Waals surface area (Å²) >= 11 is 0. The second-order valence-electron chi connectivity index (χ2n) is 4.63. The van der Waals surface area contributed by atoms with Crippen LogP contribution in [0.25, 0.3) is 0 Å². The molecule has 0 bridgehead atoms. The molecule has 1 atom stereocenters. The van der Waals surface area contributed by atoms with E-state index >= 15 is 0 Å². The monoisotopic (exact) mass is 236 g/mol. The Balaban J connectivity index is 2.60. The second kappa shape index (κ2) is 6.62. The highest BCUT2D eigenvalue weighted by Gasteiger charge is 2.21. The van der Waals surface area contributed by atoms with Gasteiger partial charge in [-0.3, -0.25) is 0 Å². The first-order valence-electron chi connectivity index (χ1n) is 6.25. The van der Waals surface area contributed by atoms with Gasteiger partial charge in [-0.2, -0.15) is 0 Å². The molecule has 0 fully saturated rings. The highest BCUT2D eigenvalue weighted by molar-refractivity contribution is 5.45. The maximum absolute atomic E-state index is 9.36. The number of likely N-dealkylation sites (N-methyl/N-ethyl adjacent to an activating group) is 1. The molecule has 0 aliphatic heterocycles. The summed E-state index contributed by atoms with van der Waals surface area (Å²) in [5.41, 5.74) is 1.05. The lowest BCUT2D eigenvalue weighted by atomic mass is 9.99. The van der Waals surface area contributed by atoms with Crippen molar-refractivity contribution in [3.05, 3.63) is 30.3 Å². The van der Waals surface area contributed by atoms with Crippen LogP contribution in [0.15, 0.2) is 30.3 Å². The van der Waals surface area contributed by atoms with Crippen LogP contribution < -0.4 is 10.2 Å². The fourth-order valence-electron chi connectivity index (χ4n) is 1.77. The molecule has 2 N–H and O–H groups in total. The van der Waals surface area contributed by atoms with Crippen molar-refractivity contribution >= 4 is 5.69 Å². The Morgan fingerprint density at radius 3 is 2.41 bits per heavy atom. The van der Waals surface area contributed by atoms with Crippen molar-refractivity contribution in [1.82, 2.24) is 5.32 Å². The van der Waals surface area contributed by atoms with Crippen molar-refractivity contribution in [1.29, 1.82) is 0 Å². The molecule has 1 aromatic rings. The van der Waals surface area contributed by atoms with Crippen LogP contribution in [0.4, 0.5) is 5.69 Å². The summed E-state index contributed by atoms with van der Waals surface area (Å²) in [7, 11) is 1.90. The molecule has 0 heterocycles. The quantitative estimate of drug-likeness (QED) is 0.758. The molecule has 0 aliphatic carbocycles. The molecule has 17 heavy (non-hydrogen) atoms. The predicted octanol–water partition coefficient (Wildman–Crippen LogP) is 1.87. The molecule has 0 aromatic heterocycles. The fraction of sp³-hybridized carbons (Fsp3) is 0.571. The first-order valence-corrected chi connectivity index (χ1v) is 6.25. The van der Waals surface area contributed by atoms with Crippen LogP contribution >= 0.6 is 0 Å². The zero-order valence-corrected chi connectivity index (χ0v) is 11.1. The summed E-state index contributed by atoms with van der Waals surface area (Å²) in [5, 5.41) is 12.5. The lowest BCUT2D eigenvalue weighted by Crippen LogP contribution is -2.46. The smallest absolute Gasteiger partial charge is 0.0611 e. The van der Waals surface area contributed by atoms with Crippen molar-refractivity contribution in [2.24, 2.45) is 0 Å². The van der Waals surface area contributed by atoms with Gasteiger partial charge in [0.2, 0.25) is 0 Å². The van der Waals surface area contributed by atoms with Gasteiger partial charge < -0.3 is 15.3 Å². The van der Waals surface area contributed by atoms with Gasteiger partial charge in [-0.15, -0.1) is 0 Å². The minimum absolute atomic E-state index is 0.163. The van der Waals surface area contributed by atoms with E-state index in [0.717, 1.165) is 19.5 Å². The molecule has 1 unspecified atom stereocenters. The lowest BCUT2D eigenvalue weighted by molar-refractivity contribution is 0.175. The minimum atomic E-state index is -0.192. The molecule has 0 saturated carbocycles. The number of hydrogen-bond donors (Lipinski definition) is 2. The van der Waals surface area contributed by atoms with E-state index in [0.29, 0.717) is 0 Å². The Labute approximate surface area is 104 Å². The molecular formula is C14H24N2O. The molecule has 3 heteroatoms. The number of rotatable bonds is 7. The number of anilines is 1. The van der Waals surface area contributed by atoms with E-state index in [1.807, 2.05) is 20.0 Å². The Morgan fingerprint density at radius 1 is 1.29 bits per heavy atom. The molecular weight excluding hydrogens is 212 g/mol. The van der Waals surface area contributed by atoms with Crippen molar-refractivity contribution in [3.63, 3.8) is 0 Å². The number of aliphatic hydroxyl groups is 1. The largest absolute Gasteiger partial charge is 0.394 e. The second-order valence-corrected chi connectivity index (χ2v) is 4.63. The van der Waals surface area contributed by atoms with Crippen LogP contribution in [0, 0.1) is 0 Å². The van der Waals surface area contributed by atoms with Gasteiger partial charge in [-0.1, -0.05) is 18.2 Å². The first-order chi connectivity index (χ1) is 8.15. The Hall–Kier alpha value is -1.06. The van der Waals surface area contributed by atoms with E-state index in [2.05, 4.69) is 41.4 Å². The van der Waals surface area contributed by atoms with Crippen LogP contribution in [0.1, 0.15) is 20.3 Å². The first kappa shape index (κ1) is 14.0. The van der Waals surface area contributed by atoms with E-state index in [-0.39, 0.29) is 12.1 Å². The Bertz CT molecular complexity index is 309. The van der Waals surface area contributed by atoms with Crippen LogP contribution in [-0.4, -0.2) is 37.4 Å². The standard InChI is InChI=1S/C14H24N2O/c1-4-16(13-8-6-5-7-9-13)11-10-14(2,12-17)15-3/h5-9,15,17H,4,10-12H2,1-3H3. The average molecular weight is 236 g/mol. The summed E-state index contributed by atoms with van der Waals surface area (Å²) < 4.78 is 0. The van der Waals surface area contributed by atoms with Gasteiger partial charge >= 0.3 is 0 Å². The van der Waals surface area contributed by atoms with Gasteiger partial charge in [-0.05, 0) is 39.4 Å². The third-order valence-corrected chi connectivity index (χ3v) is 3.39. The summed E-state index contributed by atoms with van der Waals surface area (Å²) in [6.07, 6.45) is 0.919. The van der Waals surface area contributed by atoms with Crippen LogP contribution in [0.2, 0.25) is 0 Å². The van der Waals surface area contributed by atoms with Crippen molar-refractivity contribution in [2.75, 3.05) is 31.6 Å². The zero-order chi connectivity index (χ0) is 12.7. The molecule has 0 aliphatic rings. The van der Waals surface area contributed by atoms with Crippen LogP contribution in [0.3, 0.4) is 0 Å².